The van der Waals surface area contributed by atoms with E-state index in [1.807, 2.05) is 6.92 Å². The average Bonchev–Trinajstić information content (AvgIpc) is 2.32. The number of aryl methyl sites for hydroxylation is 1. The first-order chi connectivity index (χ1) is 8.81. The van der Waals surface area contributed by atoms with Crippen LogP contribution in [0.25, 0.3) is 0 Å². The highest BCUT2D eigenvalue weighted by atomic mass is 35.5. The summed E-state index contributed by atoms with van der Waals surface area (Å²) in [5.41, 5.74) is 5.90. The van der Waals surface area contributed by atoms with Crippen molar-refractivity contribution in [3.05, 3.63) is 28.8 Å². The largest absolute Gasteiger partial charge is 0.481 e. The van der Waals surface area contributed by atoms with Crippen molar-refractivity contribution < 1.29 is 14.3 Å². The molecule has 1 atom stereocenters. The Kier molecular flexibility index (Phi) is 5.18. The first kappa shape index (κ1) is 15.3. The molecule has 1 rings (SSSR count). The molecule has 0 aliphatic rings. The maximum absolute atomic E-state index is 11.9. The minimum absolute atomic E-state index is 0.133. The Morgan fingerprint density at radius 1 is 1.47 bits per heavy atom. The van der Waals surface area contributed by atoms with E-state index in [1.165, 1.54) is 11.9 Å². The quantitative estimate of drug-likeness (QED) is 0.887. The Morgan fingerprint density at radius 2 is 2.11 bits per heavy atom. The molecule has 104 valence electrons. The fourth-order valence-electron chi connectivity index (χ4n) is 1.57. The van der Waals surface area contributed by atoms with Crippen molar-refractivity contribution in [2.75, 3.05) is 13.6 Å². The molecule has 1 aromatic rings. The second kappa shape index (κ2) is 6.43. The second-order valence-corrected chi connectivity index (χ2v) is 4.74. The third-order valence-electron chi connectivity index (χ3n) is 2.56. The third-order valence-corrected chi connectivity index (χ3v) is 2.98. The number of hydrogen-bond acceptors (Lipinski definition) is 3. The number of halogens is 1. The predicted molar refractivity (Wildman–Crippen MR) is 73.1 cm³/mol. The molecule has 0 fully saturated rings. The molecule has 6 heteroatoms. The van der Waals surface area contributed by atoms with Crippen molar-refractivity contribution in [2.24, 2.45) is 5.73 Å². The summed E-state index contributed by atoms with van der Waals surface area (Å²) in [5, 5.41) is 0.636. The van der Waals surface area contributed by atoms with E-state index in [1.54, 1.807) is 25.1 Å². The average molecular weight is 285 g/mol. The number of likely N-dealkylation sites (N-methyl/N-ethyl adjacent to an activating group) is 1. The van der Waals surface area contributed by atoms with Crippen LogP contribution in [-0.4, -0.2) is 36.4 Å². The molecule has 0 heterocycles. The van der Waals surface area contributed by atoms with E-state index in [0.29, 0.717) is 10.8 Å². The predicted octanol–water partition coefficient (Wildman–Crippen LogP) is 1.36. The number of amides is 2. The van der Waals surface area contributed by atoms with E-state index >= 15 is 0 Å². The van der Waals surface area contributed by atoms with Crippen LogP contribution in [0.4, 0.5) is 0 Å². The van der Waals surface area contributed by atoms with E-state index in [-0.39, 0.29) is 12.5 Å². The molecule has 19 heavy (non-hydrogen) atoms. The maximum Gasteiger partial charge on any atom is 0.263 e. The smallest absolute Gasteiger partial charge is 0.263 e. The fourth-order valence-corrected chi connectivity index (χ4v) is 1.68. The van der Waals surface area contributed by atoms with Crippen LogP contribution < -0.4 is 10.5 Å². The fraction of sp³-hybridized carbons (Fsp3) is 0.385. The van der Waals surface area contributed by atoms with Gasteiger partial charge in [0.25, 0.3) is 5.91 Å². The number of nitrogens with two attached hydrogens (primary N) is 1. The molecule has 2 amide bonds. The van der Waals surface area contributed by atoms with Crippen LogP contribution in [0.5, 0.6) is 5.75 Å². The van der Waals surface area contributed by atoms with Crippen LogP contribution in [-0.2, 0) is 9.59 Å². The SMILES string of the molecule is Cc1cc(O[C@@H](C)C(=O)N(C)CC(N)=O)ccc1Cl. The molecule has 5 nitrogen and oxygen atoms in total. The van der Waals surface area contributed by atoms with Gasteiger partial charge in [0.2, 0.25) is 5.91 Å². The maximum atomic E-state index is 11.9. The van der Waals surface area contributed by atoms with Crippen molar-refractivity contribution in [1.82, 2.24) is 4.90 Å². The lowest BCUT2D eigenvalue weighted by Crippen LogP contribution is -2.42. The number of carbonyl (C=O) groups excluding carboxylic acids is 2. The molecule has 0 aliphatic heterocycles. The van der Waals surface area contributed by atoms with Gasteiger partial charge in [-0.15, -0.1) is 0 Å². The minimum Gasteiger partial charge on any atom is -0.481 e. The molecule has 0 saturated heterocycles. The van der Waals surface area contributed by atoms with Crippen molar-refractivity contribution >= 4 is 23.4 Å². The highest BCUT2D eigenvalue weighted by Crippen LogP contribution is 2.22. The highest BCUT2D eigenvalue weighted by Gasteiger charge is 2.20. The van der Waals surface area contributed by atoms with Crippen LogP contribution in [0.1, 0.15) is 12.5 Å². The van der Waals surface area contributed by atoms with E-state index < -0.39 is 12.0 Å². The van der Waals surface area contributed by atoms with Gasteiger partial charge >= 0.3 is 0 Å². The van der Waals surface area contributed by atoms with Gasteiger partial charge < -0.3 is 15.4 Å². The summed E-state index contributed by atoms with van der Waals surface area (Å²) in [6.07, 6.45) is -0.704. The first-order valence-corrected chi connectivity index (χ1v) is 6.15. The third kappa shape index (κ3) is 4.44. The minimum atomic E-state index is -0.704. The van der Waals surface area contributed by atoms with Crippen LogP contribution in [0.2, 0.25) is 5.02 Å². The molecule has 0 bridgehead atoms. The zero-order valence-electron chi connectivity index (χ0n) is 11.1. The Balaban J connectivity index is 2.68. The lowest BCUT2D eigenvalue weighted by Gasteiger charge is -2.21. The Labute approximate surface area is 117 Å². The molecule has 0 aromatic heterocycles. The first-order valence-electron chi connectivity index (χ1n) is 5.77. The summed E-state index contributed by atoms with van der Waals surface area (Å²) in [6, 6.07) is 5.14. The monoisotopic (exact) mass is 284 g/mol. The molecule has 0 radical (unpaired) electrons. The topological polar surface area (TPSA) is 72.6 Å². The van der Waals surface area contributed by atoms with Crippen LogP contribution in [0.15, 0.2) is 18.2 Å². The number of benzene rings is 1. The molecule has 1 aromatic carbocycles. The van der Waals surface area contributed by atoms with Gasteiger partial charge in [-0.05, 0) is 37.6 Å². The lowest BCUT2D eigenvalue weighted by atomic mass is 10.2. The van der Waals surface area contributed by atoms with Crippen LogP contribution >= 0.6 is 11.6 Å². The number of ether oxygens (including phenoxy) is 1. The van der Waals surface area contributed by atoms with Gasteiger partial charge in [-0.2, -0.15) is 0 Å². The van der Waals surface area contributed by atoms with Gasteiger partial charge in [0.05, 0.1) is 6.54 Å². The van der Waals surface area contributed by atoms with Gasteiger partial charge in [-0.3, -0.25) is 9.59 Å². The second-order valence-electron chi connectivity index (χ2n) is 4.33. The van der Waals surface area contributed by atoms with Crippen LogP contribution in [0, 0.1) is 6.92 Å². The Morgan fingerprint density at radius 3 is 2.63 bits per heavy atom. The number of nitrogens with zero attached hydrogens (tertiary/aromatic N) is 1. The van der Waals surface area contributed by atoms with Gasteiger partial charge in [0.1, 0.15) is 5.75 Å². The molecule has 0 spiro atoms. The number of hydrogen-bond donors (Lipinski definition) is 1. The van der Waals surface area contributed by atoms with Crippen molar-refractivity contribution in [3.8, 4) is 5.75 Å². The summed E-state index contributed by atoms with van der Waals surface area (Å²) in [5.74, 6) is -0.327. The lowest BCUT2D eigenvalue weighted by molar-refractivity contribution is -0.139. The molecular formula is C13H17ClN2O3. The molecule has 0 aliphatic carbocycles. The highest BCUT2D eigenvalue weighted by molar-refractivity contribution is 6.31. The van der Waals surface area contributed by atoms with Gasteiger partial charge in [0.15, 0.2) is 6.10 Å². The summed E-state index contributed by atoms with van der Waals surface area (Å²) >= 11 is 5.91. The van der Waals surface area contributed by atoms with Gasteiger partial charge in [0, 0.05) is 12.1 Å². The summed E-state index contributed by atoms with van der Waals surface area (Å²) in [7, 11) is 1.50. The summed E-state index contributed by atoms with van der Waals surface area (Å²) in [6.45, 7) is 3.33. The van der Waals surface area contributed by atoms with E-state index in [2.05, 4.69) is 0 Å². The zero-order chi connectivity index (χ0) is 14.6. The summed E-state index contributed by atoms with van der Waals surface area (Å²) < 4.78 is 5.51. The van der Waals surface area contributed by atoms with Crippen molar-refractivity contribution in [2.45, 2.75) is 20.0 Å². The molecule has 2 N–H and O–H groups in total. The Bertz CT molecular complexity index is 491. The van der Waals surface area contributed by atoms with Gasteiger partial charge in [-0.1, -0.05) is 11.6 Å². The number of carbonyl (C=O) groups is 2. The number of rotatable bonds is 5. The van der Waals surface area contributed by atoms with Crippen molar-refractivity contribution in [3.63, 3.8) is 0 Å². The number of primary amides is 1. The molecular weight excluding hydrogens is 268 g/mol. The molecule has 0 unspecified atom stereocenters. The van der Waals surface area contributed by atoms with Crippen molar-refractivity contribution in [1.29, 1.82) is 0 Å². The van der Waals surface area contributed by atoms with E-state index in [9.17, 15) is 9.59 Å². The molecule has 0 saturated carbocycles. The standard InChI is InChI=1S/C13H17ClN2O3/c1-8-6-10(4-5-11(8)14)19-9(2)13(18)16(3)7-12(15)17/h4-6,9H,7H2,1-3H3,(H2,15,17)/t9-/m0/s1. The normalized spacial score (nSPS) is 11.8. The van der Waals surface area contributed by atoms with E-state index in [0.717, 1.165) is 5.56 Å². The zero-order valence-corrected chi connectivity index (χ0v) is 11.9. The van der Waals surface area contributed by atoms with E-state index in [4.69, 9.17) is 22.1 Å². The van der Waals surface area contributed by atoms with Gasteiger partial charge in [-0.25, -0.2) is 0 Å². The Hall–Kier alpha value is -1.75. The summed E-state index contributed by atoms with van der Waals surface area (Å²) in [4.78, 5) is 23.9. The van der Waals surface area contributed by atoms with Crippen LogP contribution in [0.3, 0.4) is 0 Å².